The van der Waals surface area contributed by atoms with Crippen LogP contribution in [-0.4, -0.2) is 71.4 Å². The molecule has 1 aliphatic heterocycles. The summed E-state index contributed by atoms with van der Waals surface area (Å²) >= 11 is 1.41. The van der Waals surface area contributed by atoms with Crippen LogP contribution in [0.3, 0.4) is 0 Å². The van der Waals surface area contributed by atoms with Gasteiger partial charge in [-0.2, -0.15) is 0 Å². The zero-order valence-corrected chi connectivity index (χ0v) is 21.1. The van der Waals surface area contributed by atoms with Gasteiger partial charge in [0.05, 0.1) is 32.1 Å². The standard InChI is InChI=1S/C26H32N4O4S/c1-32-16-14-29(17-20-7-4-3-5-8-20)24(31)19-35-26-28-27-25(21-10-12-22(33-2)13-11-21)30(26)18-23-9-6-15-34-23/h3-5,7-8,10-13,23H,6,9,14-19H2,1-2H3. The van der Waals surface area contributed by atoms with Gasteiger partial charge in [-0.15, -0.1) is 10.2 Å². The summed E-state index contributed by atoms with van der Waals surface area (Å²) < 4.78 is 18.5. The first-order valence-corrected chi connectivity index (χ1v) is 12.8. The molecule has 8 nitrogen and oxygen atoms in total. The molecule has 0 N–H and O–H groups in total. The van der Waals surface area contributed by atoms with Crippen molar-refractivity contribution in [3.63, 3.8) is 0 Å². The Bertz CT molecular complexity index is 1070. The maximum Gasteiger partial charge on any atom is 0.233 e. The van der Waals surface area contributed by atoms with Crippen molar-refractivity contribution >= 4 is 17.7 Å². The fourth-order valence-corrected chi connectivity index (χ4v) is 4.87. The average Bonchev–Trinajstić information content (AvgIpc) is 3.56. The Morgan fingerprint density at radius 3 is 2.63 bits per heavy atom. The van der Waals surface area contributed by atoms with Gasteiger partial charge in [0.25, 0.3) is 0 Å². The van der Waals surface area contributed by atoms with E-state index in [4.69, 9.17) is 14.2 Å². The zero-order valence-electron chi connectivity index (χ0n) is 20.3. The number of ether oxygens (including phenoxy) is 3. The van der Waals surface area contributed by atoms with Crippen molar-refractivity contribution in [2.45, 2.75) is 37.2 Å². The molecule has 4 rings (SSSR count). The summed E-state index contributed by atoms with van der Waals surface area (Å²) in [6.07, 6.45) is 2.18. The molecule has 0 bridgehead atoms. The van der Waals surface area contributed by atoms with Crippen LogP contribution in [0.1, 0.15) is 18.4 Å². The minimum Gasteiger partial charge on any atom is -0.497 e. The number of methoxy groups -OCH3 is 2. The lowest BCUT2D eigenvalue weighted by molar-refractivity contribution is -0.129. The van der Waals surface area contributed by atoms with Gasteiger partial charge in [-0.05, 0) is 42.7 Å². The SMILES string of the molecule is COCCN(Cc1ccccc1)C(=O)CSc1nnc(-c2ccc(OC)cc2)n1CC1CCCO1. The van der Waals surface area contributed by atoms with Gasteiger partial charge in [-0.1, -0.05) is 42.1 Å². The molecule has 0 saturated carbocycles. The molecule has 1 fully saturated rings. The molecular formula is C26H32N4O4S. The molecule has 1 saturated heterocycles. The monoisotopic (exact) mass is 496 g/mol. The molecule has 0 spiro atoms. The molecule has 1 unspecified atom stereocenters. The number of rotatable bonds is 12. The second-order valence-corrected chi connectivity index (χ2v) is 9.31. The average molecular weight is 497 g/mol. The summed E-state index contributed by atoms with van der Waals surface area (Å²) in [5, 5.41) is 9.64. The van der Waals surface area contributed by atoms with Gasteiger partial charge in [0.1, 0.15) is 5.75 Å². The predicted octanol–water partition coefficient (Wildman–Crippen LogP) is 3.90. The van der Waals surface area contributed by atoms with E-state index in [9.17, 15) is 4.79 Å². The van der Waals surface area contributed by atoms with Crippen LogP contribution in [0.25, 0.3) is 11.4 Å². The Kier molecular flexibility index (Phi) is 9.16. The lowest BCUT2D eigenvalue weighted by Gasteiger charge is -2.22. The highest BCUT2D eigenvalue weighted by Crippen LogP contribution is 2.28. The third kappa shape index (κ3) is 6.84. The summed E-state index contributed by atoms with van der Waals surface area (Å²) in [6, 6.07) is 17.8. The van der Waals surface area contributed by atoms with E-state index in [1.54, 1.807) is 14.2 Å². The van der Waals surface area contributed by atoms with Crippen LogP contribution < -0.4 is 4.74 Å². The summed E-state index contributed by atoms with van der Waals surface area (Å²) in [5.74, 6) is 1.85. The van der Waals surface area contributed by atoms with Crippen molar-refractivity contribution in [2.24, 2.45) is 0 Å². The van der Waals surface area contributed by atoms with Gasteiger partial charge in [0.15, 0.2) is 11.0 Å². The number of carbonyl (C=O) groups excluding carboxylic acids is 1. The first kappa shape index (κ1) is 25.2. The Morgan fingerprint density at radius 1 is 1.14 bits per heavy atom. The number of aromatic nitrogens is 3. The number of carbonyl (C=O) groups is 1. The molecule has 2 heterocycles. The fourth-order valence-electron chi connectivity index (χ4n) is 4.02. The number of hydrogen-bond donors (Lipinski definition) is 0. The summed E-state index contributed by atoms with van der Waals surface area (Å²) in [6.45, 7) is 3.00. The van der Waals surface area contributed by atoms with Crippen molar-refractivity contribution in [1.29, 1.82) is 0 Å². The fraction of sp³-hybridized carbons (Fsp3) is 0.423. The molecule has 1 atom stereocenters. The number of benzene rings is 2. The number of thioether (sulfide) groups is 1. The van der Waals surface area contributed by atoms with Gasteiger partial charge < -0.3 is 19.1 Å². The third-order valence-corrected chi connectivity index (χ3v) is 6.89. The molecule has 1 aliphatic rings. The number of amides is 1. The molecule has 3 aromatic rings. The molecular weight excluding hydrogens is 464 g/mol. The van der Waals surface area contributed by atoms with E-state index in [2.05, 4.69) is 14.8 Å². The van der Waals surface area contributed by atoms with Gasteiger partial charge in [-0.25, -0.2) is 0 Å². The molecule has 0 aliphatic carbocycles. The van der Waals surface area contributed by atoms with Crippen LogP contribution in [0.15, 0.2) is 59.8 Å². The van der Waals surface area contributed by atoms with Crippen molar-refractivity contribution in [3.8, 4) is 17.1 Å². The highest BCUT2D eigenvalue weighted by atomic mass is 32.2. The van der Waals surface area contributed by atoms with Crippen LogP contribution in [0.4, 0.5) is 0 Å². The highest BCUT2D eigenvalue weighted by molar-refractivity contribution is 7.99. The molecule has 1 amide bonds. The maximum atomic E-state index is 13.2. The van der Waals surface area contributed by atoms with E-state index in [1.807, 2.05) is 59.5 Å². The van der Waals surface area contributed by atoms with Crippen LogP contribution in [0.2, 0.25) is 0 Å². The van der Waals surface area contributed by atoms with E-state index in [1.165, 1.54) is 11.8 Å². The normalized spacial score (nSPS) is 15.3. The number of hydrogen-bond acceptors (Lipinski definition) is 7. The first-order chi connectivity index (χ1) is 17.2. The van der Waals surface area contributed by atoms with E-state index in [0.29, 0.717) is 31.4 Å². The summed E-state index contributed by atoms with van der Waals surface area (Å²) in [4.78, 5) is 15.0. The summed E-state index contributed by atoms with van der Waals surface area (Å²) in [7, 11) is 3.29. The minimum atomic E-state index is 0.0357. The number of nitrogens with zero attached hydrogens (tertiary/aromatic N) is 4. The first-order valence-electron chi connectivity index (χ1n) is 11.8. The van der Waals surface area contributed by atoms with Crippen LogP contribution in [0, 0.1) is 0 Å². The lowest BCUT2D eigenvalue weighted by Crippen LogP contribution is -2.34. The minimum absolute atomic E-state index is 0.0357. The van der Waals surface area contributed by atoms with E-state index in [0.717, 1.165) is 42.1 Å². The largest absolute Gasteiger partial charge is 0.497 e. The Hall–Kier alpha value is -2.88. The third-order valence-electron chi connectivity index (χ3n) is 5.93. The van der Waals surface area contributed by atoms with Crippen LogP contribution in [0.5, 0.6) is 5.75 Å². The molecule has 0 radical (unpaired) electrons. The molecule has 35 heavy (non-hydrogen) atoms. The van der Waals surface area contributed by atoms with E-state index < -0.39 is 0 Å². The second kappa shape index (κ2) is 12.7. The quantitative estimate of drug-likeness (QED) is 0.352. The second-order valence-electron chi connectivity index (χ2n) is 8.36. The Morgan fingerprint density at radius 2 is 1.94 bits per heavy atom. The predicted molar refractivity (Wildman–Crippen MR) is 135 cm³/mol. The van der Waals surface area contributed by atoms with E-state index in [-0.39, 0.29) is 17.8 Å². The van der Waals surface area contributed by atoms with Crippen molar-refractivity contribution in [1.82, 2.24) is 19.7 Å². The van der Waals surface area contributed by atoms with Crippen molar-refractivity contribution < 1.29 is 19.0 Å². The smallest absolute Gasteiger partial charge is 0.233 e. The van der Waals surface area contributed by atoms with Gasteiger partial charge in [0.2, 0.25) is 5.91 Å². The molecule has 2 aromatic carbocycles. The van der Waals surface area contributed by atoms with Crippen LogP contribution in [-0.2, 0) is 27.4 Å². The van der Waals surface area contributed by atoms with Gasteiger partial charge >= 0.3 is 0 Å². The Labute approximate surface area is 210 Å². The zero-order chi connectivity index (χ0) is 24.5. The van der Waals surface area contributed by atoms with Crippen molar-refractivity contribution in [3.05, 3.63) is 60.2 Å². The van der Waals surface area contributed by atoms with Crippen LogP contribution >= 0.6 is 11.8 Å². The lowest BCUT2D eigenvalue weighted by atomic mass is 10.2. The topological polar surface area (TPSA) is 78.7 Å². The molecule has 9 heteroatoms. The summed E-state index contributed by atoms with van der Waals surface area (Å²) in [5.41, 5.74) is 2.03. The van der Waals surface area contributed by atoms with Crippen molar-refractivity contribution in [2.75, 3.05) is 39.7 Å². The van der Waals surface area contributed by atoms with E-state index >= 15 is 0 Å². The van der Waals surface area contributed by atoms with Gasteiger partial charge in [0, 0.05) is 32.4 Å². The maximum absolute atomic E-state index is 13.2. The molecule has 186 valence electrons. The van der Waals surface area contributed by atoms with Gasteiger partial charge in [-0.3, -0.25) is 9.36 Å². The molecule has 1 aromatic heterocycles. The highest BCUT2D eigenvalue weighted by Gasteiger charge is 2.23. The Balaban J connectivity index is 1.50.